The Hall–Kier alpha value is -5.37. The van der Waals surface area contributed by atoms with Gasteiger partial charge < -0.3 is 85.7 Å². The largest absolute Gasteiger partial charge is 0.480 e. The van der Waals surface area contributed by atoms with Gasteiger partial charge in [-0.25, -0.2) is 4.79 Å². The Balaban J connectivity index is 2.92. The minimum Gasteiger partial charge on any atom is -0.480 e. The topological polar surface area (TPSA) is 439 Å². The number of rotatable bonds is 24. The molecule has 8 atom stereocenters. The quantitative estimate of drug-likeness (QED) is 0.0245. The van der Waals surface area contributed by atoms with Crippen molar-refractivity contribution in [1.82, 2.24) is 31.5 Å². The summed E-state index contributed by atoms with van der Waals surface area (Å²) in [5.74, 6) is -7.70. The molecule has 8 unspecified atom stereocenters. The molecule has 1 saturated heterocycles. The van der Waals surface area contributed by atoms with Crippen molar-refractivity contribution in [1.29, 1.82) is 0 Å². The van der Waals surface area contributed by atoms with E-state index in [9.17, 15) is 59.1 Å². The fraction of sp³-hybridized carbons (Fsp3) is 0.700. The van der Waals surface area contributed by atoms with Crippen molar-refractivity contribution in [2.24, 2.45) is 38.7 Å². The number of aliphatic hydroxyl groups is 4. The van der Waals surface area contributed by atoms with E-state index in [1.165, 1.54) is 6.92 Å². The number of amides is 6. The third-order valence-corrected chi connectivity index (χ3v) is 8.19. The number of hydrogen-bond donors (Lipinski definition) is 15. The lowest BCUT2D eigenvalue weighted by Crippen LogP contribution is -2.61. The van der Waals surface area contributed by atoms with Gasteiger partial charge in [0.15, 0.2) is 11.9 Å². The number of carbonyl (C=O) groups is 7. The van der Waals surface area contributed by atoms with Crippen molar-refractivity contribution in [3.8, 4) is 0 Å². The Morgan fingerprint density at radius 1 is 0.709 bits per heavy atom. The van der Waals surface area contributed by atoms with Gasteiger partial charge in [-0.05, 0) is 45.4 Å². The smallest absolute Gasteiger partial charge is 0.326 e. The molecule has 0 aromatic rings. The lowest BCUT2D eigenvalue weighted by atomic mass is 10.1. The summed E-state index contributed by atoms with van der Waals surface area (Å²) in [5, 5.41) is 60.4. The molecular weight excluding hydrogens is 734 g/mol. The zero-order valence-electron chi connectivity index (χ0n) is 30.4. The van der Waals surface area contributed by atoms with Gasteiger partial charge in [0.25, 0.3) is 0 Å². The van der Waals surface area contributed by atoms with E-state index >= 15 is 0 Å². The number of hydrogen-bond acceptors (Lipinski definition) is 14. The molecule has 1 aliphatic rings. The van der Waals surface area contributed by atoms with Crippen LogP contribution in [0.3, 0.4) is 0 Å². The highest BCUT2D eigenvalue weighted by Gasteiger charge is 2.40. The fourth-order valence-electron chi connectivity index (χ4n) is 5.23. The first-order valence-electron chi connectivity index (χ1n) is 17.3. The van der Waals surface area contributed by atoms with Crippen LogP contribution in [0.15, 0.2) is 9.98 Å². The molecule has 1 fully saturated rings. The first kappa shape index (κ1) is 47.7. The van der Waals surface area contributed by atoms with Crippen molar-refractivity contribution in [2.75, 3.05) is 39.5 Å². The molecule has 25 nitrogen and oxygen atoms in total. The molecule has 20 N–H and O–H groups in total. The minimum absolute atomic E-state index is 0.0198. The Kier molecular flexibility index (Phi) is 20.9. The number of aliphatic hydroxyl groups excluding tert-OH is 4. The summed E-state index contributed by atoms with van der Waals surface area (Å²) in [6.07, 6.45) is -0.617. The molecule has 0 aromatic heterocycles. The second-order valence-corrected chi connectivity index (χ2v) is 12.6. The average Bonchev–Trinajstić information content (AvgIpc) is 3.62. The maximum Gasteiger partial charge on any atom is 0.326 e. The number of aliphatic imine (C=N–C) groups is 2. The van der Waals surface area contributed by atoms with Crippen molar-refractivity contribution >= 4 is 53.3 Å². The number of carbonyl (C=O) groups excluding carboxylic acids is 6. The van der Waals surface area contributed by atoms with Gasteiger partial charge >= 0.3 is 5.97 Å². The third kappa shape index (κ3) is 16.3. The summed E-state index contributed by atoms with van der Waals surface area (Å²) >= 11 is 0. The van der Waals surface area contributed by atoms with Crippen LogP contribution in [0, 0.1) is 0 Å². The van der Waals surface area contributed by atoms with Gasteiger partial charge in [0.1, 0.15) is 36.3 Å². The summed E-state index contributed by atoms with van der Waals surface area (Å²) in [6, 6.07) is -10.4. The molecule has 1 aliphatic heterocycles. The van der Waals surface area contributed by atoms with Crippen molar-refractivity contribution in [3.63, 3.8) is 0 Å². The number of nitrogens with zero attached hydrogens (tertiary/aromatic N) is 3. The van der Waals surface area contributed by atoms with Crippen molar-refractivity contribution in [3.05, 3.63) is 0 Å². The van der Waals surface area contributed by atoms with Gasteiger partial charge in [0, 0.05) is 19.6 Å². The van der Waals surface area contributed by atoms with Gasteiger partial charge in [-0.1, -0.05) is 0 Å². The first-order chi connectivity index (χ1) is 25.9. The first-order valence-corrected chi connectivity index (χ1v) is 17.3. The Bertz CT molecular complexity index is 1390. The highest BCUT2D eigenvalue weighted by Crippen LogP contribution is 2.19. The summed E-state index contributed by atoms with van der Waals surface area (Å²) in [6.45, 7) is -1.50. The lowest BCUT2D eigenvalue weighted by molar-refractivity contribution is -0.144. The Labute approximate surface area is 315 Å². The Morgan fingerprint density at radius 2 is 1.20 bits per heavy atom. The van der Waals surface area contributed by atoms with Crippen LogP contribution in [0.4, 0.5) is 0 Å². The van der Waals surface area contributed by atoms with E-state index in [-0.39, 0.29) is 63.7 Å². The van der Waals surface area contributed by atoms with E-state index in [4.69, 9.17) is 28.7 Å². The van der Waals surface area contributed by atoms with E-state index in [0.717, 1.165) is 4.90 Å². The SMILES string of the molecule is CC(O)C(NC(=O)C(N)CCCN=C(N)N)C(=O)NC(CO)C(=O)N1CCCC1C(=O)NC(CO)C(=O)NC(CO)C(=O)NC(CCCN=C(N)N)C(=O)O. The summed E-state index contributed by atoms with van der Waals surface area (Å²) < 4.78 is 0. The fourth-order valence-corrected chi connectivity index (χ4v) is 5.23. The molecule has 312 valence electrons. The van der Waals surface area contributed by atoms with Crippen LogP contribution >= 0.6 is 0 Å². The number of nitrogens with two attached hydrogens (primary N) is 5. The molecule has 1 heterocycles. The standard InChI is InChI=1S/C30H55N13O12/c1-14(47)21(42-22(48)15(31)5-2-8-36-29(32)33)26(52)41-19(13-46)27(53)43-10-4-7-20(43)25(51)40-18(12-45)24(50)39-17(11-44)23(49)38-16(28(54)55)6-3-9-37-30(34)35/h14-21,44-47H,2-13,31H2,1H3,(H,38,49)(H,39,50)(H,40,51)(H,41,52)(H,42,48)(H,54,55)(H4,32,33,36)(H4,34,35,37). The van der Waals surface area contributed by atoms with Gasteiger partial charge in [0.2, 0.25) is 35.4 Å². The molecule has 0 spiro atoms. The zero-order chi connectivity index (χ0) is 41.8. The highest BCUT2D eigenvalue weighted by molar-refractivity contribution is 5.97. The van der Waals surface area contributed by atoms with Gasteiger partial charge in [-0.3, -0.25) is 38.8 Å². The van der Waals surface area contributed by atoms with E-state index in [1.807, 2.05) is 0 Å². The van der Waals surface area contributed by atoms with Crippen LogP contribution < -0.4 is 55.3 Å². The number of likely N-dealkylation sites (tertiary alicyclic amines) is 1. The maximum absolute atomic E-state index is 13.5. The monoisotopic (exact) mass is 789 g/mol. The van der Waals surface area contributed by atoms with Crippen LogP contribution in [0.5, 0.6) is 0 Å². The van der Waals surface area contributed by atoms with Crippen LogP contribution in [-0.4, -0.2) is 172 Å². The van der Waals surface area contributed by atoms with Gasteiger partial charge in [0.05, 0.1) is 32.0 Å². The molecule has 0 saturated carbocycles. The average molecular weight is 790 g/mol. The van der Waals surface area contributed by atoms with Gasteiger partial charge in [-0.15, -0.1) is 0 Å². The predicted molar refractivity (Wildman–Crippen MR) is 193 cm³/mol. The summed E-state index contributed by atoms with van der Waals surface area (Å²) in [5.41, 5.74) is 26.8. The normalized spacial score (nSPS) is 17.5. The molecule has 1 rings (SSSR count). The number of guanidine groups is 2. The minimum atomic E-state index is -1.71. The van der Waals surface area contributed by atoms with Crippen LogP contribution in [-0.2, 0) is 33.6 Å². The van der Waals surface area contributed by atoms with E-state index in [2.05, 4.69) is 36.6 Å². The molecule has 0 aliphatic carbocycles. The Morgan fingerprint density at radius 3 is 1.69 bits per heavy atom. The molecule has 0 radical (unpaired) electrons. The molecule has 25 heteroatoms. The second-order valence-electron chi connectivity index (χ2n) is 12.6. The van der Waals surface area contributed by atoms with Crippen LogP contribution in [0.25, 0.3) is 0 Å². The number of nitrogens with one attached hydrogen (secondary N) is 5. The van der Waals surface area contributed by atoms with Crippen LogP contribution in [0.2, 0.25) is 0 Å². The molecule has 0 aromatic carbocycles. The lowest BCUT2D eigenvalue weighted by Gasteiger charge is -2.30. The van der Waals surface area contributed by atoms with Gasteiger partial charge in [-0.2, -0.15) is 0 Å². The summed E-state index contributed by atoms with van der Waals surface area (Å²) in [4.78, 5) is 98.2. The van der Waals surface area contributed by atoms with Crippen molar-refractivity contribution in [2.45, 2.75) is 93.8 Å². The number of carboxylic acids is 1. The van der Waals surface area contributed by atoms with E-state index in [1.54, 1.807) is 0 Å². The molecule has 0 bridgehead atoms. The highest BCUT2D eigenvalue weighted by atomic mass is 16.4. The molecular formula is C30H55N13O12. The molecule has 6 amide bonds. The predicted octanol–water partition coefficient (Wildman–Crippen LogP) is -8.72. The van der Waals surface area contributed by atoms with Crippen molar-refractivity contribution < 1.29 is 59.1 Å². The van der Waals surface area contributed by atoms with E-state index < -0.39 is 110 Å². The molecule has 55 heavy (non-hydrogen) atoms. The third-order valence-electron chi connectivity index (χ3n) is 8.19. The maximum atomic E-state index is 13.5. The number of carboxylic acid groups (broad SMARTS) is 1. The second kappa shape index (κ2) is 24.1. The number of aliphatic carboxylic acids is 1. The zero-order valence-corrected chi connectivity index (χ0v) is 30.4. The van der Waals surface area contributed by atoms with Crippen LogP contribution in [0.1, 0.15) is 45.4 Å². The summed E-state index contributed by atoms with van der Waals surface area (Å²) in [7, 11) is 0. The van der Waals surface area contributed by atoms with E-state index in [0.29, 0.717) is 6.42 Å².